The maximum absolute atomic E-state index is 12.7. The molecule has 0 rings (SSSR count). The summed E-state index contributed by atoms with van der Waals surface area (Å²) in [7, 11) is 0. The summed E-state index contributed by atoms with van der Waals surface area (Å²) in [6.45, 7) is 6.38. The van der Waals surface area contributed by atoms with Crippen molar-refractivity contribution in [1.82, 2.24) is 0 Å². The quantitative estimate of drug-likeness (QED) is 0.0263. The molecule has 1 unspecified atom stereocenters. The molecule has 0 saturated carbocycles. The molecule has 0 aliphatic heterocycles. The summed E-state index contributed by atoms with van der Waals surface area (Å²) in [6.07, 6.45) is 61.6. The van der Waals surface area contributed by atoms with E-state index >= 15 is 0 Å². The Morgan fingerprint density at radius 3 is 1.12 bits per heavy atom. The van der Waals surface area contributed by atoms with Crippen LogP contribution in [-0.4, -0.2) is 37.2 Å². The molecule has 60 heavy (non-hydrogen) atoms. The molecule has 0 N–H and O–H groups in total. The van der Waals surface area contributed by atoms with Crippen molar-refractivity contribution in [3.05, 3.63) is 85.1 Å². The third kappa shape index (κ3) is 45.7. The second-order valence-electron chi connectivity index (χ2n) is 16.0. The summed E-state index contributed by atoms with van der Waals surface area (Å²) in [4.78, 5) is 37.8. The number of allylic oxidation sites excluding steroid dienone is 14. The van der Waals surface area contributed by atoms with Crippen molar-refractivity contribution in [1.29, 1.82) is 0 Å². The van der Waals surface area contributed by atoms with E-state index in [1.165, 1.54) is 89.9 Å². The molecule has 0 aliphatic carbocycles. The van der Waals surface area contributed by atoms with Gasteiger partial charge in [0.1, 0.15) is 13.2 Å². The summed E-state index contributed by atoms with van der Waals surface area (Å²) in [5, 5.41) is 0. The van der Waals surface area contributed by atoms with Gasteiger partial charge in [-0.1, -0.05) is 196 Å². The average molecular weight is 835 g/mol. The van der Waals surface area contributed by atoms with Gasteiger partial charge in [-0.15, -0.1) is 0 Å². The first-order valence-corrected chi connectivity index (χ1v) is 24.6. The predicted molar refractivity (Wildman–Crippen MR) is 256 cm³/mol. The highest BCUT2D eigenvalue weighted by Crippen LogP contribution is 2.12. The molecule has 0 fully saturated rings. The number of rotatable bonds is 43. The Morgan fingerprint density at radius 1 is 0.350 bits per heavy atom. The van der Waals surface area contributed by atoms with Gasteiger partial charge in [-0.25, -0.2) is 0 Å². The Bertz CT molecular complexity index is 1190. The Hall–Kier alpha value is -3.41. The number of carbonyl (C=O) groups excluding carboxylic acids is 3. The number of unbranched alkanes of at least 4 members (excludes halogenated alkanes) is 18. The van der Waals surface area contributed by atoms with Crippen LogP contribution in [-0.2, 0) is 28.6 Å². The number of carbonyl (C=O) groups is 3. The molecule has 0 amide bonds. The van der Waals surface area contributed by atoms with Gasteiger partial charge >= 0.3 is 17.9 Å². The fourth-order valence-electron chi connectivity index (χ4n) is 6.44. The van der Waals surface area contributed by atoms with Gasteiger partial charge in [0, 0.05) is 19.3 Å². The van der Waals surface area contributed by atoms with E-state index in [-0.39, 0.29) is 38.0 Å². The number of hydrogen-bond donors (Lipinski definition) is 0. The maximum atomic E-state index is 12.7. The van der Waals surface area contributed by atoms with E-state index in [0.29, 0.717) is 19.3 Å². The third-order valence-electron chi connectivity index (χ3n) is 10.1. The molecule has 0 aromatic carbocycles. The van der Waals surface area contributed by atoms with Crippen molar-refractivity contribution in [3.63, 3.8) is 0 Å². The van der Waals surface area contributed by atoms with Gasteiger partial charge in [0.25, 0.3) is 0 Å². The van der Waals surface area contributed by atoms with E-state index in [1.807, 2.05) is 12.2 Å². The minimum atomic E-state index is -0.834. The van der Waals surface area contributed by atoms with E-state index in [4.69, 9.17) is 14.2 Å². The average Bonchev–Trinajstić information content (AvgIpc) is 3.24. The van der Waals surface area contributed by atoms with Crippen LogP contribution in [0.2, 0.25) is 0 Å². The third-order valence-corrected chi connectivity index (χ3v) is 10.1. The summed E-state index contributed by atoms with van der Waals surface area (Å²) in [6, 6.07) is 0. The zero-order valence-corrected chi connectivity index (χ0v) is 38.9. The molecule has 0 spiro atoms. The lowest BCUT2D eigenvalue weighted by Gasteiger charge is -2.18. The topological polar surface area (TPSA) is 78.9 Å². The Balaban J connectivity index is 4.53. The highest BCUT2D eigenvalue weighted by molar-refractivity contribution is 5.71. The molecule has 0 aromatic heterocycles. The van der Waals surface area contributed by atoms with Crippen LogP contribution in [0.15, 0.2) is 85.1 Å². The SMILES string of the molecule is CC/C=C\C/C=C\C/C=C\CCCCCCCCC(=O)OCC(COC(=O)CC/C=C\C/C=C\CCCCCCCC)OC(=O)CC/C=C\C/C=C\CCCCCCCC. The summed E-state index contributed by atoms with van der Waals surface area (Å²) in [5.41, 5.74) is 0. The first-order valence-electron chi connectivity index (χ1n) is 24.6. The highest BCUT2D eigenvalue weighted by atomic mass is 16.6. The van der Waals surface area contributed by atoms with Crippen LogP contribution in [0, 0.1) is 0 Å². The number of esters is 3. The van der Waals surface area contributed by atoms with Gasteiger partial charge in [0.05, 0.1) is 0 Å². The molecular weight excluding hydrogens is 745 g/mol. The Morgan fingerprint density at radius 2 is 0.683 bits per heavy atom. The summed E-state index contributed by atoms with van der Waals surface area (Å²) >= 11 is 0. The minimum Gasteiger partial charge on any atom is -0.462 e. The lowest BCUT2D eigenvalue weighted by atomic mass is 10.1. The highest BCUT2D eigenvalue weighted by Gasteiger charge is 2.19. The van der Waals surface area contributed by atoms with Crippen molar-refractivity contribution >= 4 is 17.9 Å². The summed E-state index contributed by atoms with van der Waals surface area (Å²) < 4.78 is 16.6. The molecule has 0 saturated heterocycles. The van der Waals surface area contributed by atoms with Gasteiger partial charge in [-0.05, 0) is 89.9 Å². The van der Waals surface area contributed by atoms with E-state index in [2.05, 4.69) is 93.7 Å². The number of hydrogen-bond acceptors (Lipinski definition) is 6. The smallest absolute Gasteiger partial charge is 0.306 e. The monoisotopic (exact) mass is 835 g/mol. The standard InChI is InChI=1S/C54H90O6/c1-4-7-10-13-16-19-22-25-26-27-30-32-35-38-41-44-47-53(56)59-50-51(60-54(57)48-45-42-39-36-33-29-24-21-18-15-12-9-6-3)49-58-52(55)46-43-40-37-34-31-28-23-20-17-14-11-8-5-2/h7,10,16,19,25-26,28-29,31,33,37,39-40,42,51H,4-6,8-9,11-15,17-18,20-24,27,30,32,34-36,38,41,43-50H2,1-3H3/b10-7-,19-16-,26-25-,31-28-,33-29-,40-37-,42-39-. The molecule has 0 aromatic rings. The van der Waals surface area contributed by atoms with Gasteiger partial charge in [-0.3, -0.25) is 14.4 Å². The van der Waals surface area contributed by atoms with Crippen LogP contribution in [0.5, 0.6) is 0 Å². The van der Waals surface area contributed by atoms with Crippen molar-refractivity contribution in [3.8, 4) is 0 Å². The van der Waals surface area contributed by atoms with Crippen molar-refractivity contribution in [2.24, 2.45) is 0 Å². The number of ether oxygens (including phenoxy) is 3. The first kappa shape index (κ1) is 56.6. The fraction of sp³-hybridized carbons (Fsp3) is 0.685. The van der Waals surface area contributed by atoms with Crippen LogP contribution < -0.4 is 0 Å². The maximum Gasteiger partial charge on any atom is 0.306 e. The van der Waals surface area contributed by atoms with Crippen molar-refractivity contribution in [2.75, 3.05) is 13.2 Å². The predicted octanol–water partition coefficient (Wildman–Crippen LogP) is 16.0. The van der Waals surface area contributed by atoms with Crippen molar-refractivity contribution in [2.45, 2.75) is 226 Å². The van der Waals surface area contributed by atoms with Gasteiger partial charge in [0.2, 0.25) is 0 Å². The minimum absolute atomic E-state index is 0.124. The first-order chi connectivity index (χ1) is 29.5. The van der Waals surface area contributed by atoms with Gasteiger partial charge in [-0.2, -0.15) is 0 Å². The van der Waals surface area contributed by atoms with E-state index < -0.39 is 12.1 Å². The molecular formula is C54H90O6. The van der Waals surface area contributed by atoms with Crippen LogP contribution in [0.25, 0.3) is 0 Å². The molecule has 6 nitrogen and oxygen atoms in total. The van der Waals surface area contributed by atoms with E-state index in [0.717, 1.165) is 77.0 Å². The summed E-state index contributed by atoms with van der Waals surface area (Å²) in [5.74, 6) is -1.08. The van der Waals surface area contributed by atoms with Crippen LogP contribution in [0.1, 0.15) is 220 Å². The normalized spacial score (nSPS) is 12.8. The largest absolute Gasteiger partial charge is 0.462 e. The molecule has 6 heteroatoms. The second kappa shape index (κ2) is 48.3. The Kier molecular flexibility index (Phi) is 45.5. The van der Waals surface area contributed by atoms with Gasteiger partial charge < -0.3 is 14.2 Å². The van der Waals surface area contributed by atoms with Crippen molar-refractivity contribution < 1.29 is 28.6 Å². The second-order valence-corrected chi connectivity index (χ2v) is 16.0. The van der Waals surface area contributed by atoms with E-state index in [1.54, 1.807) is 0 Å². The molecule has 0 aliphatic rings. The molecule has 0 heterocycles. The molecule has 0 bridgehead atoms. The molecule has 0 radical (unpaired) electrons. The molecule has 342 valence electrons. The Labute approximate surface area is 369 Å². The van der Waals surface area contributed by atoms with Crippen LogP contribution >= 0.6 is 0 Å². The van der Waals surface area contributed by atoms with Crippen LogP contribution in [0.4, 0.5) is 0 Å². The zero-order chi connectivity index (χ0) is 43.7. The fourth-order valence-corrected chi connectivity index (χ4v) is 6.44. The van der Waals surface area contributed by atoms with Gasteiger partial charge in [0.15, 0.2) is 6.10 Å². The molecule has 1 atom stereocenters. The lowest BCUT2D eigenvalue weighted by Crippen LogP contribution is -2.30. The van der Waals surface area contributed by atoms with Crippen LogP contribution in [0.3, 0.4) is 0 Å². The van der Waals surface area contributed by atoms with E-state index in [9.17, 15) is 14.4 Å². The lowest BCUT2D eigenvalue weighted by molar-refractivity contribution is -0.166. The zero-order valence-electron chi connectivity index (χ0n) is 38.9.